The molecule has 0 unspecified atom stereocenters. The molecule has 0 spiro atoms. The van der Waals surface area contributed by atoms with Gasteiger partial charge in [-0.05, 0) is 31.4 Å². The number of nitrogens with zero attached hydrogens (tertiary/aromatic N) is 2. The van der Waals surface area contributed by atoms with Crippen LogP contribution in [0.15, 0.2) is 34.9 Å². The van der Waals surface area contributed by atoms with Crippen molar-refractivity contribution in [3.05, 3.63) is 47.3 Å². The number of carbonyl (C=O) groups is 1. The summed E-state index contributed by atoms with van der Waals surface area (Å²) in [7, 11) is 1.63. The summed E-state index contributed by atoms with van der Waals surface area (Å²) in [5.41, 5.74) is 1.65. The molecule has 128 valence electrons. The molecule has 1 aliphatic carbocycles. The van der Waals surface area contributed by atoms with Crippen molar-refractivity contribution in [1.29, 1.82) is 0 Å². The van der Waals surface area contributed by atoms with Crippen molar-refractivity contribution in [3.63, 3.8) is 0 Å². The SMILES string of the molecule is Cc1ccccc1OC[C@@H](O)C(=O)N(C)Cc1cc(C2CC2)on1. The molecule has 0 aliphatic heterocycles. The Kier molecular flexibility index (Phi) is 4.85. The van der Waals surface area contributed by atoms with Crippen LogP contribution in [0.25, 0.3) is 0 Å². The standard InChI is InChI=1S/C18H22N2O4/c1-12-5-3-4-6-16(12)23-11-15(21)18(22)20(2)10-14-9-17(24-19-14)13-7-8-13/h3-6,9,13,15,21H,7-8,10-11H2,1-2H3/t15-/m1/s1. The van der Waals surface area contributed by atoms with E-state index in [1.807, 2.05) is 37.3 Å². The molecule has 2 aromatic rings. The van der Waals surface area contributed by atoms with Gasteiger partial charge in [-0.2, -0.15) is 0 Å². The minimum Gasteiger partial charge on any atom is -0.490 e. The van der Waals surface area contributed by atoms with Gasteiger partial charge in [-0.3, -0.25) is 4.79 Å². The highest BCUT2D eigenvalue weighted by Gasteiger charge is 2.28. The summed E-state index contributed by atoms with van der Waals surface area (Å²) in [4.78, 5) is 13.7. The Hall–Kier alpha value is -2.34. The number of aliphatic hydroxyl groups excluding tert-OH is 1. The van der Waals surface area contributed by atoms with Crippen LogP contribution in [-0.4, -0.2) is 40.8 Å². The smallest absolute Gasteiger partial charge is 0.255 e. The number of rotatable bonds is 7. The van der Waals surface area contributed by atoms with E-state index in [1.165, 1.54) is 4.90 Å². The van der Waals surface area contributed by atoms with Gasteiger partial charge in [0.05, 0.1) is 6.54 Å². The second kappa shape index (κ2) is 7.05. The maximum absolute atomic E-state index is 12.2. The van der Waals surface area contributed by atoms with Crippen molar-refractivity contribution in [2.24, 2.45) is 0 Å². The fourth-order valence-electron chi connectivity index (χ4n) is 2.50. The number of amides is 1. The number of hydrogen-bond donors (Lipinski definition) is 1. The summed E-state index contributed by atoms with van der Waals surface area (Å²) < 4.78 is 10.8. The van der Waals surface area contributed by atoms with Gasteiger partial charge in [-0.1, -0.05) is 23.4 Å². The number of hydrogen-bond acceptors (Lipinski definition) is 5. The molecule has 1 saturated carbocycles. The van der Waals surface area contributed by atoms with Crippen molar-refractivity contribution in [2.45, 2.75) is 38.3 Å². The van der Waals surface area contributed by atoms with Gasteiger partial charge in [-0.15, -0.1) is 0 Å². The lowest BCUT2D eigenvalue weighted by atomic mass is 10.2. The topological polar surface area (TPSA) is 75.8 Å². The second-order valence-electron chi connectivity index (χ2n) is 6.28. The third kappa shape index (κ3) is 3.94. The largest absolute Gasteiger partial charge is 0.490 e. The molecule has 0 saturated heterocycles. The summed E-state index contributed by atoms with van der Waals surface area (Å²) in [5, 5.41) is 14.0. The average molecular weight is 330 g/mol. The van der Waals surface area contributed by atoms with Crippen molar-refractivity contribution in [1.82, 2.24) is 10.1 Å². The average Bonchev–Trinajstić information content (AvgIpc) is 3.33. The first-order valence-electron chi connectivity index (χ1n) is 8.11. The lowest BCUT2D eigenvalue weighted by Crippen LogP contribution is -2.39. The molecule has 0 bridgehead atoms. The number of aliphatic hydroxyl groups is 1. The number of likely N-dealkylation sites (N-methyl/N-ethyl adjacent to an activating group) is 1. The molecule has 1 aliphatic rings. The Morgan fingerprint density at radius 3 is 2.92 bits per heavy atom. The zero-order valence-electron chi connectivity index (χ0n) is 13.9. The summed E-state index contributed by atoms with van der Waals surface area (Å²) in [6.45, 7) is 2.13. The van der Waals surface area contributed by atoms with Gasteiger partial charge >= 0.3 is 0 Å². The summed E-state index contributed by atoms with van der Waals surface area (Å²) in [6, 6.07) is 9.37. The third-order valence-corrected chi connectivity index (χ3v) is 4.11. The number of aryl methyl sites for hydroxylation is 1. The molecular formula is C18H22N2O4. The molecule has 1 atom stereocenters. The molecule has 3 rings (SSSR count). The van der Waals surface area contributed by atoms with Crippen molar-refractivity contribution in [2.75, 3.05) is 13.7 Å². The highest BCUT2D eigenvalue weighted by molar-refractivity contribution is 5.80. The Morgan fingerprint density at radius 1 is 1.46 bits per heavy atom. The number of para-hydroxylation sites is 1. The quantitative estimate of drug-likeness (QED) is 0.843. The van der Waals surface area contributed by atoms with E-state index in [-0.39, 0.29) is 6.61 Å². The van der Waals surface area contributed by atoms with Gasteiger partial charge in [0, 0.05) is 19.0 Å². The predicted octanol–water partition coefficient (Wildman–Crippen LogP) is 2.26. The normalized spacial score (nSPS) is 15.1. The fraction of sp³-hybridized carbons (Fsp3) is 0.444. The minimum atomic E-state index is -1.22. The van der Waals surface area contributed by atoms with E-state index in [0.29, 0.717) is 23.9 Å². The van der Waals surface area contributed by atoms with Gasteiger partial charge in [-0.25, -0.2) is 0 Å². The Bertz CT molecular complexity index is 709. The van der Waals surface area contributed by atoms with Crippen molar-refractivity contribution < 1.29 is 19.2 Å². The maximum Gasteiger partial charge on any atom is 0.255 e. The van der Waals surface area contributed by atoms with Crippen LogP contribution in [0.2, 0.25) is 0 Å². The van der Waals surface area contributed by atoms with Crippen LogP contribution in [0.4, 0.5) is 0 Å². The third-order valence-electron chi connectivity index (χ3n) is 4.11. The summed E-state index contributed by atoms with van der Waals surface area (Å²) in [5.74, 6) is 1.63. The molecule has 1 aromatic heterocycles. The molecule has 1 N–H and O–H groups in total. The second-order valence-corrected chi connectivity index (χ2v) is 6.28. The van der Waals surface area contributed by atoms with E-state index in [9.17, 15) is 9.90 Å². The highest BCUT2D eigenvalue weighted by Crippen LogP contribution is 2.40. The number of carbonyl (C=O) groups excluding carboxylic acids is 1. The molecule has 1 aromatic carbocycles. The Morgan fingerprint density at radius 2 is 2.21 bits per heavy atom. The van der Waals surface area contributed by atoms with Crippen LogP contribution in [0.3, 0.4) is 0 Å². The fourth-order valence-corrected chi connectivity index (χ4v) is 2.50. The van der Waals surface area contributed by atoms with Gasteiger partial charge < -0.3 is 19.3 Å². The molecule has 24 heavy (non-hydrogen) atoms. The Labute approximate surface area is 141 Å². The van der Waals surface area contributed by atoms with E-state index in [4.69, 9.17) is 9.26 Å². The van der Waals surface area contributed by atoms with Crippen LogP contribution >= 0.6 is 0 Å². The van der Waals surface area contributed by atoms with E-state index in [2.05, 4.69) is 5.16 Å². The Balaban J connectivity index is 1.51. The first kappa shape index (κ1) is 16.5. The summed E-state index contributed by atoms with van der Waals surface area (Å²) in [6.07, 6.45) is 1.06. The van der Waals surface area contributed by atoms with Crippen molar-refractivity contribution >= 4 is 5.91 Å². The monoisotopic (exact) mass is 330 g/mol. The minimum absolute atomic E-state index is 0.0832. The van der Waals surface area contributed by atoms with E-state index in [0.717, 1.165) is 24.2 Å². The van der Waals surface area contributed by atoms with Gasteiger partial charge in [0.2, 0.25) is 0 Å². The van der Waals surface area contributed by atoms with Gasteiger partial charge in [0.15, 0.2) is 6.10 Å². The van der Waals surface area contributed by atoms with Gasteiger partial charge in [0.25, 0.3) is 5.91 Å². The molecule has 1 amide bonds. The molecule has 1 heterocycles. The molecule has 1 fully saturated rings. The van der Waals surface area contributed by atoms with Crippen LogP contribution < -0.4 is 4.74 Å². The van der Waals surface area contributed by atoms with Crippen LogP contribution in [0.1, 0.15) is 35.8 Å². The first-order chi connectivity index (χ1) is 11.5. The zero-order valence-corrected chi connectivity index (χ0v) is 13.9. The number of aromatic nitrogens is 1. The maximum atomic E-state index is 12.2. The van der Waals surface area contributed by atoms with E-state index in [1.54, 1.807) is 7.05 Å². The number of ether oxygens (including phenoxy) is 1. The molecule has 6 nitrogen and oxygen atoms in total. The zero-order chi connectivity index (χ0) is 17.1. The highest BCUT2D eigenvalue weighted by atomic mass is 16.5. The lowest BCUT2D eigenvalue weighted by Gasteiger charge is -2.20. The number of benzene rings is 1. The molecule has 0 radical (unpaired) electrons. The van der Waals surface area contributed by atoms with Gasteiger partial charge in [0.1, 0.15) is 23.8 Å². The molecular weight excluding hydrogens is 308 g/mol. The van der Waals surface area contributed by atoms with E-state index < -0.39 is 12.0 Å². The van der Waals surface area contributed by atoms with Crippen LogP contribution in [0, 0.1) is 6.92 Å². The predicted molar refractivity (Wildman–Crippen MR) is 87.6 cm³/mol. The van der Waals surface area contributed by atoms with E-state index >= 15 is 0 Å². The first-order valence-corrected chi connectivity index (χ1v) is 8.11. The van der Waals surface area contributed by atoms with Crippen LogP contribution in [0.5, 0.6) is 5.75 Å². The summed E-state index contributed by atoms with van der Waals surface area (Å²) >= 11 is 0. The molecule has 6 heteroatoms. The van der Waals surface area contributed by atoms with Crippen LogP contribution in [-0.2, 0) is 11.3 Å². The van der Waals surface area contributed by atoms with Crippen molar-refractivity contribution in [3.8, 4) is 5.75 Å². The lowest BCUT2D eigenvalue weighted by molar-refractivity contribution is -0.140.